The van der Waals surface area contributed by atoms with Crippen molar-refractivity contribution in [1.82, 2.24) is 10.4 Å². The average molecular weight is 246 g/mol. The summed E-state index contributed by atoms with van der Waals surface area (Å²) in [5.74, 6) is -0.599. The summed E-state index contributed by atoms with van der Waals surface area (Å²) < 4.78 is 4.97. The van der Waals surface area contributed by atoms with Gasteiger partial charge in [-0.2, -0.15) is 5.10 Å². The molecule has 2 rings (SSSR count). The second kappa shape index (κ2) is 6.02. The highest BCUT2D eigenvalue weighted by Gasteiger charge is 2.27. The summed E-state index contributed by atoms with van der Waals surface area (Å²) in [5, 5.41) is 3.90. The zero-order valence-corrected chi connectivity index (χ0v) is 10.0. The maximum atomic E-state index is 11.5. The van der Waals surface area contributed by atoms with E-state index in [9.17, 15) is 4.79 Å². The van der Waals surface area contributed by atoms with Gasteiger partial charge >= 0.3 is 0 Å². The number of ether oxygens (including phenoxy) is 1. The Hall–Kier alpha value is -2.08. The van der Waals surface area contributed by atoms with Crippen LogP contribution in [0.25, 0.3) is 0 Å². The van der Waals surface area contributed by atoms with E-state index < -0.39 is 5.92 Å². The van der Waals surface area contributed by atoms with Gasteiger partial charge in [-0.3, -0.25) is 14.8 Å². The maximum absolute atomic E-state index is 11.5. The van der Waals surface area contributed by atoms with Crippen LogP contribution in [0, 0.1) is 5.92 Å². The average Bonchev–Trinajstić information content (AvgIpc) is 2.73. The van der Waals surface area contributed by atoms with Gasteiger partial charge in [-0.25, -0.2) is 5.43 Å². The quantitative estimate of drug-likeness (QED) is 0.764. The lowest BCUT2D eigenvalue weighted by atomic mass is 10.1. The largest absolute Gasteiger partial charge is 0.379 e. The standard InChI is InChI=1S/C12H14N4O2/c1-18-8-11-10(12(17)16-15-11)7-14-6-9-3-2-4-13-5-9/h2-5,7,10H,6,8H2,1H3,(H,16,17)/t10-/m1/s1. The second-order valence-electron chi connectivity index (χ2n) is 3.84. The molecule has 1 aromatic rings. The number of nitrogens with zero attached hydrogens (tertiary/aromatic N) is 3. The van der Waals surface area contributed by atoms with Crippen molar-refractivity contribution in [2.45, 2.75) is 6.54 Å². The monoisotopic (exact) mass is 246 g/mol. The highest BCUT2D eigenvalue weighted by Crippen LogP contribution is 2.06. The van der Waals surface area contributed by atoms with E-state index in [1.165, 1.54) is 0 Å². The van der Waals surface area contributed by atoms with E-state index in [2.05, 4.69) is 20.5 Å². The van der Waals surface area contributed by atoms with Crippen molar-refractivity contribution in [3.63, 3.8) is 0 Å². The minimum atomic E-state index is -0.429. The van der Waals surface area contributed by atoms with Gasteiger partial charge in [0, 0.05) is 25.7 Å². The summed E-state index contributed by atoms with van der Waals surface area (Å²) in [6.45, 7) is 0.820. The van der Waals surface area contributed by atoms with E-state index in [1.807, 2.05) is 12.1 Å². The minimum Gasteiger partial charge on any atom is -0.379 e. The van der Waals surface area contributed by atoms with Crippen LogP contribution >= 0.6 is 0 Å². The van der Waals surface area contributed by atoms with Gasteiger partial charge in [0.15, 0.2) is 0 Å². The van der Waals surface area contributed by atoms with Crippen molar-refractivity contribution < 1.29 is 9.53 Å². The van der Waals surface area contributed by atoms with Crippen LogP contribution in [-0.2, 0) is 16.1 Å². The third kappa shape index (κ3) is 2.98. The fraction of sp³-hybridized carbons (Fsp3) is 0.333. The van der Waals surface area contributed by atoms with Crippen molar-refractivity contribution in [3.8, 4) is 0 Å². The van der Waals surface area contributed by atoms with Crippen LogP contribution in [0.15, 0.2) is 34.6 Å². The molecule has 1 aromatic heterocycles. The lowest BCUT2D eigenvalue weighted by Gasteiger charge is -2.03. The number of pyridine rings is 1. The van der Waals surface area contributed by atoms with Crippen LogP contribution in [0.4, 0.5) is 0 Å². The molecule has 6 nitrogen and oxygen atoms in total. The molecule has 0 saturated carbocycles. The molecule has 0 fully saturated rings. The highest BCUT2D eigenvalue weighted by molar-refractivity contribution is 6.19. The Kier molecular flexibility index (Phi) is 4.14. The van der Waals surface area contributed by atoms with E-state index in [4.69, 9.17) is 4.74 Å². The van der Waals surface area contributed by atoms with Crippen molar-refractivity contribution in [2.24, 2.45) is 16.0 Å². The summed E-state index contributed by atoms with van der Waals surface area (Å²) in [7, 11) is 1.56. The minimum absolute atomic E-state index is 0.169. The first-order valence-electron chi connectivity index (χ1n) is 5.55. The molecule has 1 aliphatic rings. The number of hydrazone groups is 1. The Morgan fingerprint density at radius 2 is 2.50 bits per heavy atom. The van der Waals surface area contributed by atoms with Gasteiger partial charge in [0.25, 0.3) is 5.91 Å². The first-order chi connectivity index (χ1) is 8.81. The van der Waals surface area contributed by atoms with E-state index >= 15 is 0 Å². The van der Waals surface area contributed by atoms with E-state index in [1.54, 1.807) is 25.7 Å². The molecule has 1 N–H and O–H groups in total. The predicted octanol–water partition coefficient (Wildman–Crippen LogP) is 0.401. The first-order valence-corrected chi connectivity index (χ1v) is 5.55. The molecule has 0 bridgehead atoms. The Balaban J connectivity index is 1.96. The number of hydrogen-bond donors (Lipinski definition) is 1. The van der Waals surface area contributed by atoms with Crippen LogP contribution in [0.1, 0.15) is 5.56 Å². The summed E-state index contributed by atoms with van der Waals surface area (Å²) in [6, 6.07) is 3.79. The zero-order valence-electron chi connectivity index (χ0n) is 10.0. The van der Waals surface area contributed by atoms with Crippen LogP contribution < -0.4 is 5.43 Å². The summed E-state index contributed by atoms with van der Waals surface area (Å²) in [6.07, 6.45) is 5.06. The fourth-order valence-electron chi connectivity index (χ4n) is 1.60. The molecule has 0 spiro atoms. The smallest absolute Gasteiger partial charge is 0.254 e. The Labute approximate surface area is 105 Å². The molecule has 1 aliphatic heterocycles. The van der Waals surface area contributed by atoms with Gasteiger partial charge in [0.1, 0.15) is 5.92 Å². The normalized spacial score (nSPS) is 19.1. The molecule has 0 radical (unpaired) electrons. The number of nitrogens with one attached hydrogen (secondary N) is 1. The number of rotatable bonds is 5. The number of methoxy groups -OCH3 is 1. The van der Waals surface area contributed by atoms with Crippen LogP contribution in [0.2, 0.25) is 0 Å². The molecule has 6 heteroatoms. The second-order valence-corrected chi connectivity index (χ2v) is 3.84. The molecular weight excluding hydrogens is 232 g/mol. The number of carbonyl (C=O) groups excluding carboxylic acids is 1. The molecule has 0 aliphatic carbocycles. The summed E-state index contributed by atoms with van der Waals surface area (Å²) in [5.41, 5.74) is 4.07. The number of carbonyl (C=O) groups is 1. The van der Waals surface area contributed by atoms with Crippen LogP contribution in [0.5, 0.6) is 0 Å². The van der Waals surface area contributed by atoms with Crippen LogP contribution in [0.3, 0.4) is 0 Å². The van der Waals surface area contributed by atoms with Crippen molar-refractivity contribution >= 4 is 17.8 Å². The lowest BCUT2D eigenvalue weighted by Crippen LogP contribution is -2.26. The van der Waals surface area contributed by atoms with Crippen molar-refractivity contribution in [3.05, 3.63) is 30.1 Å². The van der Waals surface area contributed by atoms with Gasteiger partial charge in [-0.1, -0.05) is 6.07 Å². The molecule has 18 heavy (non-hydrogen) atoms. The molecule has 0 saturated heterocycles. The van der Waals surface area contributed by atoms with Gasteiger partial charge < -0.3 is 4.74 Å². The first kappa shape index (κ1) is 12.4. The van der Waals surface area contributed by atoms with Crippen molar-refractivity contribution in [1.29, 1.82) is 0 Å². The molecular formula is C12H14N4O2. The summed E-state index contributed by atoms with van der Waals surface area (Å²) in [4.78, 5) is 19.8. The molecule has 0 aromatic carbocycles. The zero-order chi connectivity index (χ0) is 12.8. The fourth-order valence-corrected chi connectivity index (χ4v) is 1.60. The Bertz CT molecular complexity index is 470. The topological polar surface area (TPSA) is 75.9 Å². The Morgan fingerprint density at radius 1 is 1.61 bits per heavy atom. The van der Waals surface area contributed by atoms with Gasteiger partial charge in [0.2, 0.25) is 0 Å². The maximum Gasteiger partial charge on any atom is 0.254 e. The van der Waals surface area contributed by atoms with E-state index in [0.29, 0.717) is 18.9 Å². The number of aliphatic imine (C=N–C) groups is 1. The molecule has 1 amide bonds. The van der Waals surface area contributed by atoms with Gasteiger partial charge in [-0.15, -0.1) is 0 Å². The molecule has 1 atom stereocenters. The predicted molar refractivity (Wildman–Crippen MR) is 67.4 cm³/mol. The summed E-state index contributed by atoms with van der Waals surface area (Å²) >= 11 is 0. The number of aromatic nitrogens is 1. The third-order valence-corrected chi connectivity index (χ3v) is 2.49. The SMILES string of the molecule is COCC1=NNC(=O)[C@@H]1C=NCc1cccnc1. The highest BCUT2D eigenvalue weighted by atomic mass is 16.5. The number of hydrogen-bond acceptors (Lipinski definition) is 5. The van der Waals surface area contributed by atoms with E-state index in [0.717, 1.165) is 5.56 Å². The van der Waals surface area contributed by atoms with Crippen molar-refractivity contribution in [2.75, 3.05) is 13.7 Å². The molecule has 0 unspecified atom stereocenters. The van der Waals surface area contributed by atoms with Crippen LogP contribution in [-0.4, -0.2) is 36.5 Å². The molecule has 94 valence electrons. The Morgan fingerprint density at radius 3 is 3.22 bits per heavy atom. The van der Waals surface area contributed by atoms with Gasteiger partial charge in [0.05, 0.1) is 18.9 Å². The molecule has 2 heterocycles. The van der Waals surface area contributed by atoms with E-state index in [-0.39, 0.29) is 5.91 Å². The van der Waals surface area contributed by atoms with Gasteiger partial charge in [-0.05, 0) is 11.6 Å². The lowest BCUT2D eigenvalue weighted by molar-refractivity contribution is -0.120. The number of amides is 1. The third-order valence-electron chi connectivity index (χ3n) is 2.49.